The molecule has 5 heteroatoms. The van der Waals surface area contributed by atoms with Crippen LogP contribution in [0.2, 0.25) is 0 Å². The molecule has 2 heterocycles. The summed E-state index contributed by atoms with van der Waals surface area (Å²) >= 11 is 0. The van der Waals surface area contributed by atoms with Crippen LogP contribution in [-0.4, -0.2) is 25.8 Å². The predicted molar refractivity (Wildman–Crippen MR) is 65.8 cm³/mol. The van der Waals surface area contributed by atoms with Gasteiger partial charge in [0.25, 0.3) is 0 Å². The smallest absolute Gasteiger partial charge is 0.356 e. The molecular weight excluding hydrogens is 230 g/mol. The minimum Gasteiger partial charge on any atom is -0.476 e. The molecule has 0 radical (unpaired) electrons. The number of fused-ring (bicyclic) bond motifs is 1. The zero-order chi connectivity index (χ0) is 12.5. The second-order valence-corrected chi connectivity index (χ2v) is 3.79. The first-order valence-corrected chi connectivity index (χ1v) is 5.39. The maximum atomic E-state index is 11.1. The van der Waals surface area contributed by atoms with E-state index in [1.54, 1.807) is 23.0 Å². The molecule has 3 aromatic rings. The van der Waals surface area contributed by atoms with Gasteiger partial charge >= 0.3 is 5.97 Å². The quantitative estimate of drug-likeness (QED) is 0.743. The Morgan fingerprint density at radius 1 is 1.17 bits per heavy atom. The summed E-state index contributed by atoms with van der Waals surface area (Å²) in [5, 5.41) is 14.3. The van der Waals surface area contributed by atoms with Crippen molar-refractivity contribution in [3.63, 3.8) is 0 Å². The van der Waals surface area contributed by atoms with Crippen molar-refractivity contribution in [2.75, 3.05) is 0 Å². The zero-order valence-corrected chi connectivity index (χ0v) is 9.32. The molecule has 0 aliphatic heterocycles. The summed E-state index contributed by atoms with van der Waals surface area (Å²) in [5.74, 6) is -1.06. The average Bonchev–Trinajstić information content (AvgIpc) is 2.82. The molecule has 0 saturated carbocycles. The van der Waals surface area contributed by atoms with Crippen molar-refractivity contribution in [2.45, 2.75) is 0 Å². The van der Waals surface area contributed by atoms with Gasteiger partial charge < -0.3 is 5.11 Å². The topological polar surface area (TPSA) is 68.0 Å². The lowest BCUT2D eigenvalue weighted by molar-refractivity contribution is 0.0690. The molecule has 0 bridgehead atoms. The van der Waals surface area contributed by atoms with Crippen molar-refractivity contribution in [2.24, 2.45) is 0 Å². The molecule has 18 heavy (non-hydrogen) atoms. The van der Waals surface area contributed by atoms with Crippen LogP contribution in [-0.2, 0) is 0 Å². The standard InChI is InChI=1S/C13H9N3O2/c17-13(18)12-11(6-3-7-14-12)16-10-5-2-1-4-9(10)8-15-16/h1-8H,(H,17,18). The van der Waals surface area contributed by atoms with Crippen LogP contribution in [0.1, 0.15) is 10.5 Å². The summed E-state index contributed by atoms with van der Waals surface area (Å²) in [6.07, 6.45) is 3.16. The Morgan fingerprint density at radius 3 is 2.83 bits per heavy atom. The van der Waals surface area contributed by atoms with E-state index >= 15 is 0 Å². The lowest BCUT2D eigenvalue weighted by Crippen LogP contribution is -2.08. The van der Waals surface area contributed by atoms with E-state index in [9.17, 15) is 4.79 Å². The van der Waals surface area contributed by atoms with Crippen molar-refractivity contribution in [1.82, 2.24) is 14.8 Å². The highest BCUT2D eigenvalue weighted by molar-refractivity contribution is 5.91. The molecule has 0 fully saturated rings. The van der Waals surface area contributed by atoms with Crippen LogP contribution in [0.25, 0.3) is 16.6 Å². The van der Waals surface area contributed by atoms with Crippen molar-refractivity contribution in [3.8, 4) is 5.69 Å². The van der Waals surface area contributed by atoms with Crippen LogP contribution in [0.5, 0.6) is 0 Å². The summed E-state index contributed by atoms with van der Waals surface area (Å²) in [7, 11) is 0. The second-order valence-electron chi connectivity index (χ2n) is 3.79. The first-order chi connectivity index (χ1) is 8.77. The Kier molecular flexibility index (Phi) is 2.30. The number of aromatic carboxylic acids is 1. The zero-order valence-electron chi connectivity index (χ0n) is 9.32. The molecule has 3 rings (SSSR count). The Hall–Kier alpha value is -2.69. The van der Waals surface area contributed by atoms with E-state index in [-0.39, 0.29) is 5.69 Å². The van der Waals surface area contributed by atoms with Gasteiger partial charge in [0.2, 0.25) is 0 Å². The fourth-order valence-corrected chi connectivity index (χ4v) is 1.90. The molecule has 0 aliphatic carbocycles. The highest BCUT2D eigenvalue weighted by Crippen LogP contribution is 2.19. The van der Waals surface area contributed by atoms with Crippen LogP contribution in [0, 0.1) is 0 Å². The van der Waals surface area contributed by atoms with Gasteiger partial charge in [0, 0.05) is 11.6 Å². The molecule has 88 valence electrons. The average molecular weight is 239 g/mol. The van der Waals surface area contributed by atoms with Gasteiger partial charge in [-0.25, -0.2) is 14.5 Å². The normalized spacial score (nSPS) is 10.7. The number of hydrogen-bond acceptors (Lipinski definition) is 3. The molecule has 5 nitrogen and oxygen atoms in total. The van der Waals surface area contributed by atoms with E-state index in [0.29, 0.717) is 5.69 Å². The molecule has 0 aliphatic rings. The Bertz CT molecular complexity index is 734. The molecule has 0 unspecified atom stereocenters. The van der Waals surface area contributed by atoms with Gasteiger partial charge in [-0.1, -0.05) is 18.2 Å². The fourth-order valence-electron chi connectivity index (χ4n) is 1.90. The van der Waals surface area contributed by atoms with Crippen LogP contribution in [0.15, 0.2) is 48.8 Å². The van der Waals surface area contributed by atoms with Crippen LogP contribution < -0.4 is 0 Å². The van der Waals surface area contributed by atoms with Gasteiger partial charge in [0.15, 0.2) is 5.69 Å². The molecule has 1 aromatic carbocycles. The third-order valence-electron chi connectivity index (χ3n) is 2.69. The molecular formula is C13H9N3O2. The molecule has 1 N–H and O–H groups in total. The van der Waals surface area contributed by atoms with Crippen molar-refractivity contribution in [1.29, 1.82) is 0 Å². The van der Waals surface area contributed by atoms with Gasteiger partial charge in [-0.15, -0.1) is 0 Å². The van der Waals surface area contributed by atoms with Crippen molar-refractivity contribution >= 4 is 16.9 Å². The second kappa shape index (κ2) is 3.96. The van der Waals surface area contributed by atoms with Crippen LogP contribution in [0.4, 0.5) is 0 Å². The van der Waals surface area contributed by atoms with Gasteiger partial charge in [-0.3, -0.25) is 0 Å². The summed E-state index contributed by atoms with van der Waals surface area (Å²) in [6, 6.07) is 11.0. The largest absolute Gasteiger partial charge is 0.476 e. The number of aromatic nitrogens is 3. The third-order valence-corrected chi connectivity index (χ3v) is 2.69. The number of carboxylic acid groups (broad SMARTS) is 1. The summed E-state index contributed by atoms with van der Waals surface area (Å²) in [6.45, 7) is 0. The van der Waals surface area contributed by atoms with Gasteiger partial charge in [0.05, 0.1) is 17.4 Å². The monoisotopic (exact) mass is 239 g/mol. The van der Waals surface area contributed by atoms with Crippen LogP contribution in [0.3, 0.4) is 0 Å². The maximum Gasteiger partial charge on any atom is 0.356 e. The number of pyridine rings is 1. The van der Waals surface area contributed by atoms with E-state index in [2.05, 4.69) is 10.1 Å². The minimum atomic E-state index is -1.06. The Balaban J connectivity index is 2.30. The number of rotatable bonds is 2. The van der Waals surface area contributed by atoms with E-state index < -0.39 is 5.97 Å². The maximum absolute atomic E-state index is 11.1. The number of hydrogen-bond donors (Lipinski definition) is 1. The molecule has 0 spiro atoms. The lowest BCUT2D eigenvalue weighted by atomic mass is 10.2. The Labute approximate surface area is 102 Å². The number of benzene rings is 1. The number of para-hydroxylation sites is 1. The predicted octanol–water partition coefficient (Wildman–Crippen LogP) is 2.12. The van der Waals surface area contributed by atoms with Crippen molar-refractivity contribution < 1.29 is 9.90 Å². The number of carboxylic acids is 1. The SMILES string of the molecule is O=C(O)c1ncccc1-n1ncc2ccccc21. The van der Waals surface area contributed by atoms with Gasteiger partial charge in [-0.05, 0) is 18.2 Å². The first kappa shape index (κ1) is 10.5. The highest BCUT2D eigenvalue weighted by atomic mass is 16.4. The summed E-state index contributed by atoms with van der Waals surface area (Å²) in [5.41, 5.74) is 1.31. The van der Waals surface area contributed by atoms with E-state index in [4.69, 9.17) is 5.11 Å². The molecule has 0 atom stereocenters. The van der Waals surface area contributed by atoms with E-state index in [1.807, 2.05) is 24.3 Å². The Morgan fingerprint density at radius 2 is 2.00 bits per heavy atom. The first-order valence-electron chi connectivity index (χ1n) is 5.39. The minimum absolute atomic E-state index is 0.00801. The highest BCUT2D eigenvalue weighted by Gasteiger charge is 2.14. The summed E-state index contributed by atoms with van der Waals surface area (Å²) in [4.78, 5) is 15.0. The van der Waals surface area contributed by atoms with Gasteiger partial charge in [-0.2, -0.15) is 5.10 Å². The third kappa shape index (κ3) is 1.53. The molecule has 2 aromatic heterocycles. The summed E-state index contributed by atoms with van der Waals surface area (Å²) < 4.78 is 1.59. The number of carbonyl (C=O) groups is 1. The number of nitrogens with zero attached hydrogens (tertiary/aromatic N) is 3. The van der Waals surface area contributed by atoms with Crippen molar-refractivity contribution in [3.05, 3.63) is 54.5 Å². The van der Waals surface area contributed by atoms with E-state index in [1.165, 1.54) is 6.20 Å². The van der Waals surface area contributed by atoms with E-state index in [0.717, 1.165) is 10.9 Å². The van der Waals surface area contributed by atoms with Gasteiger partial charge in [0.1, 0.15) is 0 Å². The lowest BCUT2D eigenvalue weighted by Gasteiger charge is -2.05. The fraction of sp³-hybridized carbons (Fsp3) is 0. The van der Waals surface area contributed by atoms with Crippen LogP contribution >= 0.6 is 0 Å². The molecule has 0 saturated heterocycles. The molecule has 0 amide bonds.